The Hall–Kier alpha value is -1.77. The number of carbonyl (C=O) groups excluding carboxylic acids is 1. The summed E-state index contributed by atoms with van der Waals surface area (Å²) in [7, 11) is 2.07. The highest BCUT2D eigenvalue weighted by molar-refractivity contribution is 5.82. The van der Waals surface area contributed by atoms with E-state index in [0.717, 1.165) is 5.56 Å². The Morgan fingerprint density at radius 3 is 2.72 bits per heavy atom. The van der Waals surface area contributed by atoms with Gasteiger partial charge in [0.15, 0.2) is 0 Å². The van der Waals surface area contributed by atoms with Gasteiger partial charge < -0.3 is 9.88 Å². The molecule has 1 amide bonds. The van der Waals surface area contributed by atoms with Crippen LogP contribution in [0.5, 0.6) is 0 Å². The predicted molar refractivity (Wildman–Crippen MR) is 74.3 cm³/mol. The summed E-state index contributed by atoms with van der Waals surface area (Å²) in [4.78, 5) is 11.5. The molecule has 0 aliphatic heterocycles. The molecule has 1 heterocycles. The van der Waals surface area contributed by atoms with Crippen molar-refractivity contribution in [1.29, 1.82) is 0 Å². The van der Waals surface area contributed by atoms with Crippen molar-refractivity contribution >= 4 is 16.8 Å². The lowest BCUT2D eigenvalue weighted by molar-refractivity contribution is -0.124. The highest BCUT2D eigenvalue weighted by Gasteiger charge is 2.07. The summed E-state index contributed by atoms with van der Waals surface area (Å²) in [5, 5.41) is 4.17. The molecule has 2 aromatic rings. The van der Waals surface area contributed by atoms with Gasteiger partial charge in [0, 0.05) is 36.1 Å². The van der Waals surface area contributed by atoms with Crippen LogP contribution < -0.4 is 5.32 Å². The molecular weight excluding hydrogens is 224 g/mol. The van der Waals surface area contributed by atoms with Crippen LogP contribution in [0.4, 0.5) is 0 Å². The molecule has 0 saturated carbocycles. The maximum absolute atomic E-state index is 11.5. The minimum Gasteiger partial charge on any atom is -0.352 e. The van der Waals surface area contributed by atoms with Crippen molar-refractivity contribution < 1.29 is 4.79 Å². The highest BCUT2D eigenvalue weighted by Crippen LogP contribution is 2.19. The second-order valence-electron chi connectivity index (χ2n) is 5.11. The second kappa shape index (κ2) is 4.84. The summed E-state index contributed by atoms with van der Waals surface area (Å²) in [5.41, 5.74) is 3.61. The van der Waals surface area contributed by atoms with Gasteiger partial charge in [-0.25, -0.2) is 0 Å². The third kappa shape index (κ3) is 2.40. The number of amides is 1. The lowest BCUT2D eigenvalue weighted by atomic mass is 10.1. The number of hydrogen-bond donors (Lipinski definition) is 1. The summed E-state index contributed by atoms with van der Waals surface area (Å²) >= 11 is 0. The summed E-state index contributed by atoms with van der Waals surface area (Å²) in [5.74, 6) is 0.132. The predicted octanol–water partition coefficient (Wildman–Crippen LogP) is 2.76. The first-order valence-electron chi connectivity index (χ1n) is 6.31. The Kier molecular flexibility index (Phi) is 3.41. The van der Waals surface area contributed by atoms with Crippen molar-refractivity contribution in [3.8, 4) is 0 Å². The molecule has 3 nitrogen and oxygen atoms in total. The smallest absolute Gasteiger partial charge is 0.222 e. The number of fused-ring (bicyclic) bond motifs is 1. The quantitative estimate of drug-likeness (QED) is 0.885. The van der Waals surface area contributed by atoms with Gasteiger partial charge in [0.05, 0.1) is 0 Å². The van der Waals surface area contributed by atoms with Crippen LogP contribution >= 0.6 is 0 Å². The Morgan fingerprint density at radius 1 is 1.33 bits per heavy atom. The Labute approximate surface area is 108 Å². The monoisotopic (exact) mass is 244 g/mol. The minimum atomic E-state index is 0.0349. The van der Waals surface area contributed by atoms with Crippen LogP contribution in [-0.2, 0) is 18.4 Å². The van der Waals surface area contributed by atoms with Crippen molar-refractivity contribution in [2.45, 2.75) is 27.3 Å². The van der Waals surface area contributed by atoms with E-state index in [1.54, 1.807) is 0 Å². The lowest BCUT2D eigenvalue weighted by Crippen LogP contribution is -2.27. The van der Waals surface area contributed by atoms with Gasteiger partial charge in [0.25, 0.3) is 0 Å². The van der Waals surface area contributed by atoms with Gasteiger partial charge in [-0.1, -0.05) is 19.9 Å². The summed E-state index contributed by atoms with van der Waals surface area (Å²) in [6, 6.07) is 8.49. The maximum atomic E-state index is 11.5. The molecule has 0 atom stereocenters. The first-order chi connectivity index (χ1) is 8.49. The number of aryl methyl sites for hydroxylation is 2. The van der Waals surface area contributed by atoms with E-state index in [0.29, 0.717) is 6.54 Å². The number of carbonyl (C=O) groups is 1. The van der Waals surface area contributed by atoms with Crippen LogP contribution in [-0.4, -0.2) is 10.5 Å². The molecule has 96 valence electrons. The van der Waals surface area contributed by atoms with Gasteiger partial charge in [-0.15, -0.1) is 0 Å². The van der Waals surface area contributed by atoms with Gasteiger partial charge in [-0.3, -0.25) is 4.79 Å². The SMILES string of the molecule is Cc1cc2cc(CNC(=O)C(C)C)ccc2n1C. The van der Waals surface area contributed by atoms with Crippen LogP contribution in [0.25, 0.3) is 10.9 Å². The first-order valence-corrected chi connectivity index (χ1v) is 6.31. The van der Waals surface area contributed by atoms with Crippen molar-refractivity contribution in [2.75, 3.05) is 0 Å². The molecule has 1 aromatic carbocycles. The van der Waals surface area contributed by atoms with Gasteiger partial charge in [0.1, 0.15) is 0 Å². The maximum Gasteiger partial charge on any atom is 0.222 e. The zero-order valence-corrected chi connectivity index (χ0v) is 11.4. The van der Waals surface area contributed by atoms with Crippen LogP contribution in [0.3, 0.4) is 0 Å². The van der Waals surface area contributed by atoms with E-state index >= 15 is 0 Å². The molecule has 0 spiro atoms. The topological polar surface area (TPSA) is 34.0 Å². The average molecular weight is 244 g/mol. The van der Waals surface area contributed by atoms with E-state index in [2.05, 4.69) is 48.1 Å². The van der Waals surface area contributed by atoms with Crippen LogP contribution in [0.2, 0.25) is 0 Å². The largest absolute Gasteiger partial charge is 0.352 e. The zero-order valence-electron chi connectivity index (χ0n) is 11.4. The molecule has 0 radical (unpaired) electrons. The second-order valence-corrected chi connectivity index (χ2v) is 5.11. The first kappa shape index (κ1) is 12.7. The summed E-state index contributed by atoms with van der Waals surface area (Å²) < 4.78 is 2.17. The molecule has 1 aromatic heterocycles. The van der Waals surface area contributed by atoms with Crippen molar-refractivity contribution in [3.05, 3.63) is 35.5 Å². The number of rotatable bonds is 3. The fraction of sp³-hybridized carbons (Fsp3) is 0.400. The molecule has 0 fully saturated rings. The van der Waals surface area contributed by atoms with E-state index in [1.807, 2.05) is 13.8 Å². The molecular formula is C15H20N2O. The Bertz CT molecular complexity index is 581. The van der Waals surface area contributed by atoms with E-state index in [4.69, 9.17) is 0 Å². The third-order valence-corrected chi connectivity index (χ3v) is 3.34. The molecule has 0 bridgehead atoms. The van der Waals surface area contributed by atoms with Gasteiger partial charge in [0.2, 0.25) is 5.91 Å². The molecule has 0 aliphatic carbocycles. The normalized spacial score (nSPS) is 11.2. The Balaban J connectivity index is 2.18. The molecule has 0 saturated heterocycles. The fourth-order valence-electron chi connectivity index (χ4n) is 2.04. The van der Waals surface area contributed by atoms with Crippen LogP contribution in [0.15, 0.2) is 24.3 Å². The molecule has 0 aliphatic rings. The number of nitrogens with one attached hydrogen (secondary N) is 1. The van der Waals surface area contributed by atoms with Gasteiger partial charge in [-0.05, 0) is 30.7 Å². The van der Waals surface area contributed by atoms with Gasteiger partial charge >= 0.3 is 0 Å². The number of nitrogens with zero attached hydrogens (tertiary/aromatic N) is 1. The summed E-state index contributed by atoms with van der Waals surface area (Å²) in [6.45, 7) is 6.50. The van der Waals surface area contributed by atoms with Gasteiger partial charge in [-0.2, -0.15) is 0 Å². The summed E-state index contributed by atoms with van der Waals surface area (Å²) in [6.07, 6.45) is 0. The lowest BCUT2D eigenvalue weighted by Gasteiger charge is -2.08. The average Bonchev–Trinajstić information content (AvgIpc) is 2.61. The molecule has 1 N–H and O–H groups in total. The molecule has 0 unspecified atom stereocenters. The minimum absolute atomic E-state index is 0.0349. The van der Waals surface area contributed by atoms with Crippen molar-refractivity contribution in [1.82, 2.24) is 9.88 Å². The molecule has 18 heavy (non-hydrogen) atoms. The number of aromatic nitrogens is 1. The van der Waals surface area contributed by atoms with Crippen LogP contribution in [0, 0.1) is 12.8 Å². The Morgan fingerprint density at radius 2 is 2.06 bits per heavy atom. The number of hydrogen-bond acceptors (Lipinski definition) is 1. The van der Waals surface area contributed by atoms with E-state index in [1.165, 1.54) is 16.6 Å². The van der Waals surface area contributed by atoms with Crippen molar-refractivity contribution in [2.24, 2.45) is 13.0 Å². The fourth-order valence-corrected chi connectivity index (χ4v) is 2.04. The third-order valence-electron chi connectivity index (χ3n) is 3.34. The standard InChI is InChI=1S/C15H20N2O/c1-10(2)15(18)16-9-12-5-6-14-13(8-12)7-11(3)17(14)4/h5-8,10H,9H2,1-4H3,(H,16,18). The van der Waals surface area contributed by atoms with Crippen LogP contribution in [0.1, 0.15) is 25.1 Å². The number of benzene rings is 1. The van der Waals surface area contributed by atoms with E-state index in [9.17, 15) is 4.79 Å². The highest BCUT2D eigenvalue weighted by atomic mass is 16.1. The van der Waals surface area contributed by atoms with Crippen molar-refractivity contribution in [3.63, 3.8) is 0 Å². The van der Waals surface area contributed by atoms with E-state index < -0.39 is 0 Å². The van der Waals surface area contributed by atoms with E-state index in [-0.39, 0.29) is 11.8 Å². The zero-order chi connectivity index (χ0) is 13.3. The molecule has 2 rings (SSSR count). The molecule has 3 heteroatoms.